The lowest BCUT2D eigenvalue weighted by molar-refractivity contribution is -0.00810. The van der Waals surface area contributed by atoms with Gasteiger partial charge >= 0.3 is 0 Å². The van der Waals surface area contributed by atoms with Gasteiger partial charge in [0.2, 0.25) is 10.0 Å². The number of sulfonamides is 1. The summed E-state index contributed by atoms with van der Waals surface area (Å²) >= 11 is 0. The molecule has 0 unspecified atom stereocenters. The quantitative estimate of drug-likeness (QED) is 0.913. The van der Waals surface area contributed by atoms with Crippen molar-refractivity contribution in [3.63, 3.8) is 0 Å². The van der Waals surface area contributed by atoms with Crippen LogP contribution in [0.3, 0.4) is 0 Å². The van der Waals surface area contributed by atoms with Gasteiger partial charge in [-0.05, 0) is 88.2 Å². The van der Waals surface area contributed by atoms with Crippen molar-refractivity contribution in [3.8, 4) is 0 Å². The van der Waals surface area contributed by atoms with Crippen molar-refractivity contribution in [3.05, 3.63) is 28.8 Å². The molecular weight excluding hydrogens is 306 g/mol. The van der Waals surface area contributed by atoms with Gasteiger partial charge in [-0.1, -0.05) is 17.7 Å². The second kappa shape index (κ2) is 5.06. The van der Waals surface area contributed by atoms with Gasteiger partial charge in [0.1, 0.15) is 0 Å². The fourth-order valence-corrected chi connectivity index (χ4v) is 8.05. The molecule has 4 aliphatic rings. The number of benzene rings is 1. The maximum absolute atomic E-state index is 13.2. The van der Waals surface area contributed by atoms with Crippen LogP contribution in [-0.4, -0.2) is 14.0 Å². The molecule has 1 aromatic carbocycles. The molecule has 0 amide bonds. The average Bonchev–Trinajstić information content (AvgIpc) is 2.32. The largest absolute Gasteiger partial charge is 0.241 e. The van der Waals surface area contributed by atoms with Crippen molar-refractivity contribution in [2.75, 3.05) is 0 Å². The summed E-state index contributed by atoms with van der Waals surface area (Å²) < 4.78 is 29.5. The summed E-state index contributed by atoms with van der Waals surface area (Å²) in [6, 6.07) is 3.95. The predicted octanol–water partition coefficient (Wildman–Crippen LogP) is 3.86. The van der Waals surface area contributed by atoms with Crippen molar-refractivity contribution < 1.29 is 8.42 Å². The first kappa shape index (κ1) is 15.6. The number of aryl methyl sites for hydroxylation is 3. The first-order valence-corrected chi connectivity index (χ1v) is 10.4. The Morgan fingerprint density at radius 2 is 1.35 bits per heavy atom. The molecule has 5 rings (SSSR count). The Balaban J connectivity index is 1.68. The van der Waals surface area contributed by atoms with Crippen molar-refractivity contribution in [1.29, 1.82) is 0 Å². The van der Waals surface area contributed by atoms with Crippen LogP contribution in [0, 0.1) is 38.5 Å². The molecule has 3 nitrogen and oxygen atoms in total. The minimum absolute atomic E-state index is 0.169. The first-order valence-electron chi connectivity index (χ1n) is 8.88. The molecule has 0 spiro atoms. The average molecular weight is 333 g/mol. The Hall–Kier alpha value is -0.870. The highest BCUT2D eigenvalue weighted by Gasteiger charge is 2.52. The minimum atomic E-state index is -3.45. The third kappa shape index (κ3) is 2.64. The van der Waals surface area contributed by atoms with Crippen LogP contribution < -0.4 is 4.72 Å². The molecule has 23 heavy (non-hydrogen) atoms. The fourth-order valence-electron chi connectivity index (χ4n) is 6.16. The Morgan fingerprint density at radius 1 is 0.913 bits per heavy atom. The summed E-state index contributed by atoms with van der Waals surface area (Å²) in [5, 5.41) is 0. The zero-order valence-corrected chi connectivity index (χ0v) is 15.2. The van der Waals surface area contributed by atoms with Gasteiger partial charge in [0.05, 0.1) is 4.90 Å². The monoisotopic (exact) mass is 333 g/mol. The Bertz CT molecular complexity index is 692. The highest BCUT2D eigenvalue weighted by atomic mass is 32.2. The zero-order chi connectivity index (χ0) is 16.4. The van der Waals surface area contributed by atoms with E-state index in [2.05, 4.69) is 4.72 Å². The number of hydrogen-bond donors (Lipinski definition) is 1. The van der Waals surface area contributed by atoms with Crippen molar-refractivity contribution >= 4 is 10.0 Å². The smallest absolute Gasteiger partial charge is 0.207 e. The maximum Gasteiger partial charge on any atom is 0.241 e. The third-order valence-corrected chi connectivity index (χ3v) is 8.15. The zero-order valence-electron chi connectivity index (χ0n) is 14.4. The van der Waals surface area contributed by atoms with E-state index in [0.29, 0.717) is 4.90 Å². The lowest BCUT2D eigenvalue weighted by atomic mass is 9.53. The number of nitrogens with one attached hydrogen (secondary N) is 1. The van der Waals surface area contributed by atoms with Crippen LogP contribution in [-0.2, 0) is 10.0 Å². The van der Waals surface area contributed by atoms with E-state index in [9.17, 15) is 8.42 Å². The molecule has 0 atom stereocenters. The maximum atomic E-state index is 13.2. The molecule has 4 saturated carbocycles. The SMILES string of the molecule is Cc1cc(C)c(S(=O)(=O)NC23CC4CC(CC(C4)C2)C3)c(C)c1. The highest BCUT2D eigenvalue weighted by Crippen LogP contribution is 2.56. The summed E-state index contributed by atoms with van der Waals surface area (Å²) in [6.45, 7) is 5.84. The lowest BCUT2D eigenvalue weighted by Gasteiger charge is -2.56. The molecule has 0 saturated heterocycles. The summed E-state index contributed by atoms with van der Waals surface area (Å²) in [6.07, 6.45) is 7.10. The normalized spacial score (nSPS) is 35.7. The second-order valence-corrected chi connectivity index (χ2v) is 10.2. The van der Waals surface area contributed by atoms with Crippen LogP contribution in [0.15, 0.2) is 17.0 Å². The number of rotatable bonds is 3. The van der Waals surface area contributed by atoms with Crippen LogP contribution in [0.25, 0.3) is 0 Å². The molecule has 4 heteroatoms. The second-order valence-electron chi connectivity index (χ2n) is 8.53. The van der Waals surface area contributed by atoms with Crippen LogP contribution in [0.2, 0.25) is 0 Å². The Labute approximate surface area is 139 Å². The summed E-state index contributed by atoms with van der Waals surface area (Å²) in [5.74, 6) is 2.22. The standard InChI is InChI=1S/C19H27NO2S/c1-12-4-13(2)18(14(3)5-12)23(21,22)20-19-9-15-6-16(10-19)8-17(7-15)11-19/h4-5,15-17,20H,6-11H2,1-3H3. The molecule has 0 aliphatic heterocycles. The van der Waals surface area contributed by atoms with E-state index in [4.69, 9.17) is 0 Å². The predicted molar refractivity (Wildman–Crippen MR) is 91.9 cm³/mol. The summed E-state index contributed by atoms with van der Waals surface area (Å²) in [4.78, 5) is 0.499. The molecule has 126 valence electrons. The number of hydrogen-bond acceptors (Lipinski definition) is 2. The van der Waals surface area contributed by atoms with Crippen LogP contribution in [0.1, 0.15) is 55.2 Å². The minimum Gasteiger partial charge on any atom is -0.207 e. The van der Waals surface area contributed by atoms with E-state index >= 15 is 0 Å². The van der Waals surface area contributed by atoms with E-state index in [1.165, 1.54) is 19.3 Å². The van der Waals surface area contributed by atoms with Gasteiger partial charge in [-0.3, -0.25) is 0 Å². The highest BCUT2D eigenvalue weighted by molar-refractivity contribution is 7.89. The van der Waals surface area contributed by atoms with Gasteiger partial charge in [0.25, 0.3) is 0 Å². The van der Waals surface area contributed by atoms with Crippen molar-refractivity contribution in [2.24, 2.45) is 17.8 Å². The van der Waals surface area contributed by atoms with E-state index in [1.807, 2.05) is 32.9 Å². The van der Waals surface area contributed by atoms with Crippen LogP contribution >= 0.6 is 0 Å². The molecule has 0 heterocycles. The summed E-state index contributed by atoms with van der Waals surface area (Å²) in [7, 11) is -3.45. The lowest BCUT2D eigenvalue weighted by Crippen LogP contribution is -2.59. The first-order chi connectivity index (χ1) is 10.8. The van der Waals surface area contributed by atoms with E-state index < -0.39 is 10.0 Å². The molecular formula is C19H27NO2S. The Morgan fingerprint density at radius 3 is 1.78 bits per heavy atom. The van der Waals surface area contributed by atoms with Gasteiger partial charge in [-0.15, -0.1) is 0 Å². The van der Waals surface area contributed by atoms with Gasteiger partial charge in [0.15, 0.2) is 0 Å². The molecule has 1 aromatic rings. The topological polar surface area (TPSA) is 46.2 Å². The van der Waals surface area contributed by atoms with E-state index in [0.717, 1.165) is 53.7 Å². The van der Waals surface area contributed by atoms with E-state index in [1.54, 1.807) is 0 Å². The fraction of sp³-hybridized carbons (Fsp3) is 0.684. The molecule has 0 radical (unpaired) electrons. The van der Waals surface area contributed by atoms with Gasteiger partial charge in [-0.25, -0.2) is 13.1 Å². The van der Waals surface area contributed by atoms with Gasteiger partial charge in [-0.2, -0.15) is 0 Å². The van der Waals surface area contributed by atoms with Crippen LogP contribution in [0.4, 0.5) is 0 Å². The van der Waals surface area contributed by atoms with Crippen molar-refractivity contribution in [2.45, 2.75) is 69.7 Å². The van der Waals surface area contributed by atoms with Crippen molar-refractivity contribution in [1.82, 2.24) is 4.72 Å². The molecule has 4 bridgehead atoms. The molecule has 1 N–H and O–H groups in total. The van der Waals surface area contributed by atoms with Gasteiger partial charge < -0.3 is 0 Å². The molecule has 4 aliphatic carbocycles. The van der Waals surface area contributed by atoms with Crippen LogP contribution in [0.5, 0.6) is 0 Å². The van der Waals surface area contributed by atoms with E-state index in [-0.39, 0.29) is 5.54 Å². The summed E-state index contributed by atoms with van der Waals surface area (Å²) in [5.41, 5.74) is 2.67. The third-order valence-electron chi connectivity index (χ3n) is 6.26. The Kier molecular flexibility index (Phi) is 3.44. The molecule has 4 fully saturated rings. The van der Waals surface area contributed by atoms with Gasteiger partial charge in [0, 0.05) is 5.54 Å². The molecule has 0 aromatic heterocycles.